The zero-order chi connectivity index (χ0) is 12.3. The van der Waals surface area contributed by atoms with E-state index < -0.39 is 0 Å². The van der Waals surface area contributed by atoms with Crippen LogP contribution in [0.2, 0.25) is 0 Å². The Labute approximate surface area is 99.1 Å². The smallest absolute Gasteiger partial charge is 0.190 e. The summed E-state index contributed by atoms with van der Waals surface area (Å²) in [6.07, 6.45) is 7.10. The van der Waals surface area contributed by atoms with Gasteiger partial charge in [0.05, 0.1) is 12.7 Å². The minimum Gasteiger partial charge on any atom is -0.338 e. The van der Waals surface area contributed by atoms with Crippen LogP contribution in [-0.4, -0.2) is 31.4 Å². The predicted molar refractivity (Wildman–Crippen MR) is 62.5 cm³/mol. The van der Waals surface area contributed by atoms with E-state index in [1.54, 1.807) is 18.7 Å². The zero-order valence-corrected chi connectivity index (χ0v) is 9.71. The second kappa shape index (κ2) is 4.92. The second-order valence-electron chi connectivity index (χ2n) is 3.84. The lowest BCUT2D eigenvalue weighted by Crippen LogP contribution is -2.09. The van der Waals surface area contributed by atoms with Crippen LogP contribution in [0.15, 0.2) is 24.9 Å². The molecule has 0 saturated carbocycles. The number of aromatic nitrogens is 4. The fourth-order valence-electron chi connectivity index (χ4n) is 1.58. The highest BCUT2D eigenvalue weighted by molar-refractivity contribution is 5.95. The molecule has 2 aromatic heterocycles. The molecule has 0 unspecified atom stereocenters. The van der Waals surface area contributed by atoms with Gasteiger partial charge in [-0.25, -0.2) is 9.97 Å². The Kier molecular flexibility index (Phi) is 3.34. The lowest BCUT2D eigenvalue weighted by atomic mass is 10.2. The van der Waals surface area contributed by atoms with E-state index in [0.717, 1.165) is 5.82 Å². The van der Waals surface area contributed by atoms with E-state index in [0.29, 0.717) is 18.8 Å². The van der Waals surface area contributed by atoms with Crippen LogP contribution in [0.1, 0.15) is 16.3 Å². The molecule has 2 heterocycles. The average Bonchev–Trinajstić information content (AvgIpc) is 2.90. The highest BCUT2D eigenvalue weighted by Gasteiger charge is 2.12. The van der Waals surface area contributed by atoms with E-state index >= 15 is 0 Å². The normalized spacial score (nSPS) is 10.7. The number of carbonyl (C=O) groups excluding carboxylic acids is 1. The third kappa shape index (κ3) is 2.59. The van der Waals surface area contributed by atoms with Crippen LogP contribution in [-0.2, 0) is 20.0 Å². The van der Waals surface area contributed by atoms with E-state index in [9.17, 15) is 4.79 Å². The SMILES string of the molecule is Cn1ccnc1CC(=O)c1cn(CCN)cn1. The molecule has 0 spiro atoms. The Hall–Kier alpha value is -1.95. The molecule has 0 aliphatic carbocycles. The summed E-state index contributed by atoms with van der Waals surface area (Å²) in [7, 11) is 1.86. The van der Waals surface area contributed by atoms with Crippen molar-refractivity contribution < 1.29 is 4.79 Å². The molecular weight excluding hydrogens is 218 g/mol. The summed E-state index contributed by atoms with van der Waals surface area (Å²) in [5.41, 5.74) is 5.89. The molecule has 0 fully saturated rings. The lowest BCUT2D eigenvalue weighted by Gasteiger charge is -1.99. The summed E-state index contributed by atoms with van der Waals surface area (Å²) in [5, 5.41) is 0. The molecular formula is C11H15N5O. The van der Waals surface area contributed by atoms with Gasteiger partial charge in [0.25, 0.3) is 0 Å². The molecule has 0 amide bonds. The van der Waals surface area contributed by atoms with Crippen molar-refractivity contribution in [3.63, 3.8) is 0 Å². The van der Waals surface area contributed by atoms with Crippen LogP contribution in [0.3, 0.4) is 0 Å². The largest absolute Gasteiger partial charge is 0.338 e. The van der Waals surface area contributed by atoms with E-state index in [4.69, 9.17) is 5.73 Å². The molecule has 90 valence electrons. The number of nitrogens with zero attached hydrogens (tertiary/aromatic N) is 4. The van der Waals surface area contributed by atoms with Crippen molar-refractivity contribution in [3.05, 3.63) is 36.4 Å². The first-order valence-electron chi connectivity index (χ1n) is 5.42. The van der Waals surface area contributed by atoms with Crippen LogP contribution >= 0.6 is 0 Å². The number of imidazole rings is 2. The Morgan fingerprint density at radius 2 is 2.29 bits per heavy atom. The van der Waals surface area contributed by atoms with Gasteiger partial charge in [0.1, 0.15) is 11.5 Å². The van der Waals surface area contributed by atoms with Crippen LogP contribution in [0.5, 0.6) is 0 Å². The average molecular weight is 233 g/mol. The summed E-state index contributed by atoms with van der Waals surface area (Å²) in [5.74, 6) is 0.707. The molecule has 0 atom stereocenters. The molecule has 17 heavy (non-hydrogen) atoms. The third-order valence-electron chi connectivity index (χ3n) is 2.55. The topological polar surface area (TPSA) is 78.7 Å². The first-order valence-corrected chi connectivity index (χ1v) is 5.42. The summed E-state index contributed by atoms with van der Waals surface area (Å²) < 4.78 is 3.64. The minimum absolute atomic E-state index is 0.0323. The number of rotatable bonds is 5. The standard InChI is InChI=1S/C11H15N5O/c1-15-5-3-13-11(15)6-10(17)9-7-16(4-2-12)8-14-9/h3,5,7-8H,2,4,6,12H2,1H3. The zero-order valence-electron chi connectivity index (χ0n) is 9.71. The van der Waals surface area contributed by atoms with E-state index in [1.165, 1.54) is 0 Å². The van der Waals surface area contributed by atoms with E-state index in [-0.39, 0.29) is 12.2 Å². The number of carbonyl (C=O) groups is 1. The summed E-state index contributed by atoms with van der Waals surface area (Å²) in [6, 6.07) is 0. The summed E-state index contributed by atoms with van der Waals surface area (Å²) in [4.78, 5) is 20.1. The summed E-state index contributed by atoms with van der Waals surface area (Å²) >= 11 is 0. The van der Waals surface area contributed by atoms with Gasteiger partial charge < -0.3 is 14.9 Å². The Balaban J connectivity index is 2.07. The van der Waals surface area contributed by atoms with Crippen molar-refractivity contribution in [2.24, 2.45) is 12.8 Å². The van der Waals surface area contributed by atoms with Crippen molar-refractivity contribution in [2.75, 3.05) is 6.54 Å². The number of aryl methyl sites for hydroxylation is 1. The fourth-order valence-corrected chi connectivity index (χ4v) is 1.58. The quantitative estimate of drug-likeness (QED) is 0.737. The summed E-state index contributed by atoms with van der Waals surface area (Å²) in [6.45, 7) is 1.20. The monoisotopic (exact) mass is 233 g/mol. The van der Waals surface area contributed by atoms with Crippen molar-refractivity contribution in [3.8, 4) is 0 Å². The van der Waals surface area contributed by atoms with Gasteiger partial charge in [-0.3, -0.25) is 4.79 Å². The van der Waals surface area contributed by atoms with Gasteiger partial charge >= 0.3 is 0 Å². The Bertz CT molecular complexity index is 513. The number of ketones is 1. The van der Waals surface area contributed by atoms with Crippen molar-refractivity contribution in [2.45, 2.75) is 13.0 Å². The van der Waals surface area contributed by atoms with Crippen LogP contribution in [0.25, 0.3) is 0 Å². The Morgan fingerprint density at radius 1 is 1.47 bits per heavy atom. The maximum absolute atomic E-state index is 11.9. The fraction of sp³-hybridized carbons (Fsp3) is 0.364. The van der Waals surface area contributed by atoms with Crippen molar-refractivity contribution in [1.82, 2.24) is 19.1 Å². The molecule has 0 bridgehead atoms. The molecule has 2 N–H and O–H groups in total. The Morgan fingerprint density at radius 3 is 2.94 bits per heavy atom. The van der Waals surface area contributed by atoms with Crippen LogP contribution < -0.4 is 5.73 Å². The number of Topliss-reactive ketones (excluding diaryl/α,β-unsaturated/α-hetero) is 1. The number of hydrogen-bond donors (Lipinski definition) is 1. The predicted octanol–water partition coefficient (Wildman–Crippen LogP) is 0.000700. The molecule has 2 aromatic rings. The highest BCUT2D eigenvalue weighted by Crippen LogP contribution is 2.03. The number of nitrogens with two attached hydrogens (primary N) is 1. The van der Waals surface area contributed by atoms with Gasteiger partial charge in [0.2, 0.25) is 0 Å². The maximum atomic E-state index is 11.9. The van der Waals surface area contributed by atoms with Crippen molar-refractivity contribution in [1.29, 1.82) is 0 Å². The molecule has 0 aliphatic heterocycles. The minimum atomic E-state index is -0.0323. The van der Waals surface area contributed by atoms with Crippen molar-refractivity contribution >= 4 is 5.78 Å². The molecule has 6 heteroatoms. The molecule has 0 aliphatic rings. The van der Waals surface area contributed by atoms with Gasteiger partial charge in [0.15, 0.2) is 5.78 Å². The third-order valence-corrected chi connectivity index (χ3v) is 2.55. The first kappa shape index (κ1) is 11.5. The van der Waals surface area contributed by atoms with Gasteiger partial charge in [-0.2, -0.15) is 0 Å². The second-order valence-corrected chi connectivity index (χ2v) is 3.84. The van der Waals surface area contributed by atoms with Gasteiger partial charge in [-0.05, 0) is 0 Å². The van der Waals surface area contributed by atoms with Gasteiger partial charge in [-0.1, -0.05) is 0 Å². The maximum Gasteiger partial charge on any atom is 0.190 e. The van der Waals surface area contributed by atoms with E-state index in [1.807, 2.05) is 22.4 Å². The molecule has 6 nitrogen and oxygen atoms in total. The van der Waals surface area contributed by atoms with E-state index in [2.05, 4.69) is 9.97 Å². The lowest BCUT2D eigenvalue weighted by molar-refractivity contribution is 0.0985. The highest BCUT2D eigenvalue weighted by atomic mass is 16.1. The number of hydrogen-bond acceptors (Lipinski definition) is 4. The van der Waals surface area contributed by atoms with Gasteiger partial charge in [0, 0.05) is 38.7 Å². The van der Waals surface area contributed by atoms with Crippen LogP contribution in [0, 0.1) is 0 Å². The molecule has 0 aromatic carbocycles. The van der Waals surface area contributed by atoms with Gasteiger partial charge in [-0.15, -0.1) is 0 Å². The first-order chi connectivity index (χ1) is 8.20. The van der Waals surface area contributed by atoms with Crippen LogP contribution in [0.4, 0.5) is 0 Å². The molecule has 0 saturated heterocycles. The molecule has 2 rings (SSSR count). The molecule has 0 radical (unpaired) electrons.